The maximum atomic E-state index is 2.49. The van der Waals surface area contributed by atoms with Crippen molar-refractivity contribution in [3.63, 3.8) is 0 Å². The molecule has 2 heteroatoms. The van der Waals surface area contributed by atoms with Crippen LogP contribution in [0.5, 0.6) is 0 Å². The minimum Gasteiger partial charge on any atom is -0.308 e. The summed E-state index contributed by atoms with van der Waals surface area (Å²) in [5.74, 6) is 0. The summed E-state index contributed by atoms with van der Waals surface area (Å²) < 4.78 is 0. The third-order valence-corrected chi connectivity index (χ3v) is 12.4. The standard InChI is InChI=1S/C50H29NS/c1-3-14-31(15-4-1)44-47-34-21-11-18-30-19-12-22-35(43(30)34)48(47)45(32-16-5-2-6-17-32)50-37-28-29-38(33-20-13-23-36(46(33)37)49(44)50)51-39-24-7-9-26-41(39)52-42-27-10-8-25-40(42)51/h1-29H. The molecule has 11 aromatic carbocycles. The third-order valence-electron chi connectivity index (χ3n) is 11.3. The van der Waals surface area contributed by atoms with Crippen LogP contribution in [0.2, 0.25) is 0 Å². The van der Waals surface area contributed by atoms with Crippen molar-refractivity contribution in [2.75, 3.05) is 4.90 Å². The van der Waals surface area contributed by atoms with E-state index in [9.17, 15) is 0 Å². The topological polar surface area (TPSA) is 3.24 Å². The second-order valence-electron chi connectivity index (χ2n) is 13.9. The first kappa shape index (κ1) is 28.4. The summed E-state index contributed by atoms with van der Waals surface area (Å²) in [7, 11) is 0. The number of anilines is 3. The van der Waals surface area contributed by atoms with Gasteiger partial charge in [-0.25, -0.2) is 0 Å². The second-order valence-corrected chi connectivity index (χ2v) is 15.0. The number of benzene rings is 9. The van der Waals surface area contributed by atoms with Crippen LogP contribution in [-0.2, 0) is 0 Å². The molecule has 0 fully saturated rings. The van der Waals surface area contributed by atoms with Crippen LogP contribution in [0, 0.1) is 0 Å². The molecule has 0 aliphatic carbocycles. The fraction of sp³-hybridized carbons (Fsp3) is 0. The van der Waals surface area contributed by atoms with Gasteiger partial charge < -0.3 is 4.90 Å². The molecule has 0 unspecified atom stereocenters. The van der Waals surface area contributed by atoms with E-state index in [0.29, 0.717) is 0 Å². The van der Waals surface area contributed by atoms with E-state index in [0.717, 1.165) is 0 Å². The van der Waals surface area contributed by atoms with Crippen molar-refractivity contribution in [1.29, 1.82) is 0 Å². The summed E-state index contributed by atoms with van der Waals surface area (Å²) in [6, 6.07) is 65.3. The average Bonchev–Trinajstić information content (AvgIpc) is 3.72. The number of hydrogen-bond acceptors (Lipinski definition) is 2. The Morgan fingerprint density at radius 2 is 0.731 bits per heavy atom. The molecule has 0 aromatic heterocycles. The highest BCUT2D eigenvalue weighted by molar-refractivity contribution is 7.99. The molecule has 0 saturated heterocycles. The van der Waals surface area contributed by atoms with Crippen molar-refractivity contribution in [2.24, 2.45) is 0 Å². The third kappa shape index (κ3) is 3.69. The molecule has 1 heterocycles. The molecular weight excluding hydrogens is 647 g/mol. The van der Waals surface area contributed by atoms with E-state index in [2.05, 4.69) is 181 Å². The van der Waals surface area contributed by atoms with Gasteiger partial charge in [0.2, 0.25) is 0 Å². The van der Waals surface area contributed by atoms with Crippen LogP contribution in [0.1, 0.15) is 0 Å². The molecule has 0 saturated carbocycles. The molecule has 0 bridgehead atoms. The van der Waals surface area contributed by atoms with Crippen LogP contribution in [-0.4, -0.2) is 0 Å². The predicted octanol–water partition coefficient (Wildman–Crippen LogP) is 14.7. The van der Waals surface area contributed by atoms with E-state index in [4.69, 9.17) is 0 Å². The average molecular weight is 676 g/mol. The second kappa shape index (κ2) is 10.6. The van der Waals surface area contributed by atoms with Crippen molar-refractivity contribution < 1.29 is 0 Å². The Hall–Kier alpha value is -6.35. The molecule has 1 nitrogen and oxygen atoms in total. The van der Waals surface area contributed by atoms with Crippen molar-refractivity contribution >= 4 is 93.5 Å². The van der Waals surface area contributed by atoms with E-state index < -0.39 is 0 Å². The summed E-state index contributed by atoms with van der Waals surface area (Å²) in [6.45, 7) is 0. The Morgan fingerprint density at radius 1 is 0.288 bits per heavy atom. The molecule has 0 radical (unpaired) electrons. The van der Waals surface area contributed by atoms with Crippen molar-refractivity contribution in [3.05, 3.63) is 176 Å². The molecule has 0 atom stereocenters. The zero-order valence-corrected chi connectivity index (χ0v) is 28.9. The molecule has 1 aliphatic heterocycles. The van der Waals surface area contributed by atoms with Gasteiger partial charge in [-0.2, -0.15) is 0 Å². The predicted molar refractivity (Wildman–Crippen MR) is 224 cm³/mol. The van der Waals surface area contributed by atoms with E-state index >= 15 is 0 Å². The Labute approximate surface area is 305 Å². The highest BCUT2D eigenvalue weighted by Crippen LogP contribution is 2.58. The Balaban J connectivity index is 1.32. The number of rotatable bonds is 3. The highest BCUT2D eigenvalue weighted by Gasteiger charge is 2.30. The maximum absolute atomic E-state index is 2.49. The van der Waals surface area contributed by atoms with Crippen LogP contribution in [0.15, 0.2) is 186 Å². The van der Waals surface area contributed by atoms with Crippen LogP contribution in [0.4, 0.5) is 17.1 Å². The maximum Gasteiger partial charge on any atom is 0.0601 e. The quantitative estimate of drug-likeness (QED) is 0.183. The molecule has 11 aromatic rings. The molecular formula is C50H29NS. The number of nitrogens with zero attached hydrogens (tertiary/aromatic N) is 1. The Morgan fingerprint density at radius 3 is 1.29 bits per heavy atom. The van der Waals surface area contributed by atoms with Crippen LogP contribution < -0.4 is 4.90 Å². The van der Waals surface area contributed by atoms with Gasteiger partial charge in [0.15, 0.2) is 0 Å². The summed E-state index contributed by atoms with van der Waals surface area (Å²) >= 11 is 1.86. The molecule has 1 aliphatic rings. The highest BCUT2D eigenvalue weighted by atomic mass is 32.2. The monoisotopic (exact) mass is 675 g/mol. The van der Waals surface area contributed by atoms with Crippen LogP contribution in [0.3, 0.4) is 0 Å². The van der Waals surface area contributed by atoms with Gasteiger partial charge in [-0.3, -0.25) is 0 Å². The van der Waals surface area contributed by atoms with E-state index in [-0.39, 0.29) is 0 Å². The molecule has 0 spiro atoms. The molecule has 0 amide bonds. The van der Waals surface area contributed by atoms with Gasteiger partial charge in [0, 0.05) is 15.2 Å². The van der Waals surface area contributed by atoms with Crippen LogP contribution >= 0.6 is 11.8 Å². The normalized spacial score (nSPS) is 12.9. The zero-order valence-electron chi connectivity index (χ0n) is 28.1. The fourth-order valence-corrected chi connectivity index (χ4v) is 10.4. The first-order valence-corrected chi connectivity index (χ1v) is 18.8. The lowest BCUT2D eigenvalue weighted by Gasteiger charge is -2.33. The molecule has 0 N–H and O–H groups in total. The van der Waals surface area contributed by atoms with Gasteiger partial charge >= 0.3 is 0 Å². The SMILES string of the molecule is c1ccc(-c2c3c4cccc5cccc(c3c(-c3ccccc3)c3c6ccc(N7c8ccccc8Sc8ccccc87)c7cccc(c23)c76)c54)cc1. The van der Waals surface area contributed by atoms with Crippen molar-refractivity contribution in [2.45, 2.75) is 9.79 Å². The smallest absolute Gasteiger partial charge is 0.0601 e. The van der Waals surface area contributed by atoms with Gasteiger partial charge in [0.05, 0.1) is 17.1 Å². The molecule has 12 rings (SSSR count). The van der Waals surface area contributed by atoms with Gasteiger partial charge in [0.25, 0.3) is 0 Å². The lowest BCUT2D eigenvalue weighted by Crippen LogP contribution is -2.15. The van der Waals surface area contributed by atoms with Gasteiger partial charge in [-0.1, -0.05) is 157 Å². The van der Waals surface area contributed by atoms with E-state index in [1.54, 1.807) is 0 Å². The number of fused-ring (bicyclic) bond motifs is 8. The van der Waals surface area contributed by atoms with E-state index in [1.165, 1.54) is 114 Å². The summed E-state index contributed by atoms with van der Waals surface area (Å²) in [6.07, 6.45) is 0. The zero-order chi connectivity index (χ0) is 33.9. The Kier molecular flexibility index (Phi) is 5.77. The first-order chi connectivity index (χ1) is 25.8. The first-order valence-electron chi connectivity index (χ1n) is 17.9. The summed E-state index contributed by atoms with van der Waals surface area (Å²) in [5.41, 5.74) is 8.80. The van der Waals surface area contributed by atoms with Gasteiger partial charge in [-0.05, 0) is 112 Å². The lowest BCUT2D eigenvalue weighted by atomic mass is 9.87. The van der Waals surface area contributed by atoms with Gasteiger partial charge in [0.1, 0.15) is 0 Å². The molecule has 52 heavy (non-hydrogen) atoms. The van der Waals surface area contributed by atoms with Gasteiger partial charge in [-0.15, -0.1) is 0 Å². The summed E-state index contributed by atoms with van der Waals surface area (Å²) in [4.78, 5) is 5.03. The van der Waals surface area contributed by atoms with Crippen molar-refractivity contribution in [1.82, 2.24) is 0 Å². The minimum atomic E-state index is 1.21. The number of para-hydroxylation sites is 2. The molecule has 240 valence electrons. The largest absolute Gasteiger partial charge is 0.308 e. The Bertz CT molecular complexity index is 3030. The van der Waals surface area contributed by atoms with Crippen LogP contribution in [0.25, 0.3) is 86.9 Å². The minimum absolute atomic E-state index is 1.21. The lowest BCUT2D eigenvalue weighted by molar-refractivity contribution is 1.17. The number of hydrogen-bond donors (Lipinski definition) is 0. The van der Waals surface area contributed by atoms with Crippen molar-refractivity contribution in [3.8, 4) is 22.3 Å². The summed E-state index contributed by atoms with van der Waals surface area (Å²) in [5, 5.41) is 15.9. The fourth-order valence-electron chi connectivity index (χ4n) is 9.34. The van der Waals surface area contributed by atoms with E-state index in [1.807, 2.05) is 11.8 Å².